The maximum absolute atomic E-state index is 12.6. The molecule has 5 nitrogen and oxygen atoms in total. The first kappa shape index (κ1) is 16.6. The lowest BCUT2D eigenvalue weighted by atomic mass is 10.1. The van der Waals surface area contributed by atoms with Gasteiger partial charge in [0.2, 0.25) is 5.91 Å². The number of rotatable bonds is 5. The number of carbonyl (C=O) groups excluding carboxylic acids is 2. The first-order valence-corrected chi connectivity index (χ1v) is 9.04. The second-order valence-corrected chi connectivity index (χ2v) is 6.86. The van der Waals surface area contributed by atoms with Crippen LogP contribution in [0.15, 0.2) is 24.3 Å². The van der Waals surface area contributed by atoms with Crippen LogP contribution in [0.25, 0.3) is 0 Å². The molecule has 0 unspecified atom stereocenters. The number of nitrogens with one attached hydrogen (secondary N) is 1. The van der Waals surface area contributed by atoms with Crippen molar-refractivity contribution in [3.05, 3.63) is 46.0 Å². The van der Waals surface area contributed by atoms with Crippen molar-refractivity contribution in [1.29, 1.82) is 0 Å². The topological polar surface area (TPSA) is 62.3 Å². The van der Waals surface area contributed by atoms with E-state index in [1.54, 1.807) is 4.90 Å². The molecule has 1 aromatic heterocycles. The monoisotopic (exact) mass is 343 g/mol. The van der Waals surface area contributed by atoms with Gasteiger partial charge < -0.3 is 5.32 Å². The van der Waals surface area contributed by atoms with E-state index >= 15 is 0 Å². The Morgan fingerprint density at radius 1 is 1.38 bits per heavy atom. The summed E-state index contributed by atoms with van der Waals surface area (Å²) in [7, 11) is 0. The van der Waals surface area contributed by atoms with Crippen LogP contribution >= 0.6 is 11.3 Å². The van der Waals surface area contributed by atoms with Crippen LogP contribution in [0.1, 0.15) is 46.3 Å². The molecule has 1 aliphatic heterocycles. The van der Waals surface area contributed by atoms with Crippen molar-refractivity contribution < 1.29 is 9.59 Å². The molecule has 2 amide bonds. The number of aryl methyl sites for hydroxylation is 2. The number of hydrogen-bond acceptors (Lipinski definition) is 4. The number of nitrogens with zero attached hydrogens (tertiary/aromatic N) is 2. The molecule has 126 valence electrons. The number of amides is 2. The number of aromatic nitrogens is 1. The zero-order chi connectivity index (χ0) is 17.1. The first-order valence-electron chi connectivity index (χ1n) is 8.23. The van der Waals surface area contributed by atoms with E-state index in [2.05, 4.69) is 10.3 Å². The Kier molecular flexibility index (Phi) is 4.94. The fourth-order valence-corrected chi connectivity index (χ4v) is 3.90. The number of hydrogen-bond donors (Lipinski definition) is 1. The zero-order valence-corrected chi connectivity index (χ0v) is 14.8. The second kappa shape index (κ2) is 7.13. The van der Waals surface area contributed by atoms with E-state index in [1.165, 1.54) is 11.3 Å². The molecule has 1 N–H and O–H groups in total. The molecule has 1 aromatic carbocycles. The zero-order valence-electron chi connectivity index (χ0n) is 14.0. The molecule has 0 aliphatic carbocycles. The Labute approximate surface area is 145 Å². The Hall–Kier alpha value is -2.21. The maximum atomic E-state index is 12.6. The molecule has 0 radical (unpaired) electrons. The first-order chi connectivity index (χ1) is 11.6. The van der Waals surface area contributed by atoms with E-state index in [1.807, 2.05) is 38.1 Å². The molecule has 2 heterocycles. The SMILES string of the molecule is CCc1nc(N2CCCC2=O)sc1C(=O)NCc1ccccc1C. The van der Waals surface area contributed by atoms with Crippen LogP contribution in [0.5, 0.6) is 0 Å². The summed E-state index contributed by atoms with van der Waals surface area (Å²) in [6.45, 7) is 5.19. The van der Waals surface area contributed by atoms with Gasteiger partial charge in [-0.2, -0.15) is 0 Å². The largest absolute Gasteiger partial charge is 0.347 e. The van der Waals surface area contributed by atoms with Gasteiger partial charge >= 0.3 is 0 Å². The standard InChI is InChI=1S/C18H21N3O2S/c1-3-14-16(24-18(20-14)21-10-6-9-15(21)22)17(23)19-11-13-8-5-4-7-12(13)2/h4-5,7-8H,3,6,9-11H2,1-2H3,(H,19,23). The summed E-state index contributed by atoms with van der Waals surface area (Å²) in [6.07, 6.45) is 2.09. The fraction of sp³-hybridized carbons (Fsp3) is 0.389. The quantitative estimate of drug-likeness (QED) is 0.907. The Morgan fingerprint density at radius 2 is 2.17 bits per heavy atom. The summed E-state index contributed by atoms with van der Waals surface area (Å²) < 4.78 is 0. The Morgan fingerprint density at radius 3 is 2.83 bits per heavy atom. The average Bonchev–Trinajstić information content (AvgIpc) is 3.19. The number of anilines is 1. The predicted molar refractivity (Wildman–Crippen MR) is 95.4 cm³/mol. The summed E-state index contributed by atoms with van der Waals surface area (Å²) in [5.41, 5.74) is 3.02. The molecule has 2 aromatic rings. The normalized spacial score (nSPS) is 14.2. The Balaban J connectivity index is 1.75. The van der Waals surface area contributed by atoms with Gasteiger partial charge in [-0.05, 0) is 30.9 Å². The molecule has 1 fully saturated rings. The van der Waals surface area contributed by atoms with Crippen molar-refractivity contribution in [2.45, 2.75) is 39.7 Å². The van der Waals surface area contributed by atoms with Crippen LogP contribution in [0.3, 0.4) is 0 Å². The summed E-state index contributed by atoms with van der Waals surface area (Å²) in [5.74, 6) is -0.0243. The van der Waals surface area contributed by atoms with Gasteiger partial charge in [0, 0.05) is 19.5 Å². The van der Waals surface area contributed by atoms with E-state index in [-0.39, 0.29) is 11.8 Å². The Bertz CT molecular complexity index is 769. The lowest BCUT2D eigenvalue weighted by Gasteiger charge is -2.10. The minimum Gasteiger partial charge on any atom is -0.347 e. The van der Waals surface area contributed by atoms with Gasteiger partial charge in [-0.3, -0.25) is 14.5 Å². The minimum atomic E-state index is -0.120. The molecule has 3 rings (SSSR count). The molecule has 0 saturated carbocycles. The molecule has 0 bridgehead atoms. The smallest absolute Gasteiger partial charge is 0.263 e. The van der Waals surface area contributed by atoms with E-state index in [0.717, 1.165) is 23.2 Å². The highest BCUT2D eigenvalue weighted by molar-refractivity contribution is 7.17. The summed E-state index contributed by atoms with van der Waals surface area (Å²) in [6, 6.07) is 7.99. The third-order valence-electron chi connectivity index (χ3n) is 4.23. The lowest BCUT2D eigenvalue weighted by Crippen LogP contribution is -2.23. The van der Waals surface area contributed by atoms with Crippen LogP contribution in [0.4, 0.5) is 5.13 Å². The maximum Gasteiger partial charge on any atom is 0.263 e. The van der Waals surface area contributed by atoms with Crippen LogP contribution in [0.2, 0.25) is 0 Å². The second-order valence-electron chi connectivity index (χ2n) is 5.88. The van der Waals surface area contributed by atoms with Crippen molar-refractivity contribution in [1.82, 2.24) is 10.3 Å². The molecular formula is C18H21N3O2S. The van der Waals surface area contributed by atoms with Gasteiger partial charge in [-0.15, -0.1) is 0 Å². The highest BCUT2D eigenvalue weighted by Crippen LogP contribution is 2.30. The highest BCUT2D eigenvalue weighted by atomic mass is 32.1. The van der Waals surface area contributed by atoms with Gasteiger partial charge in [0.15, 0.2) is 5.13 Å². The van der Waals surface area contributed by atoms with E-state index in [9.17, 15) is 9.59 Å². The van der Waals surface area contributed by atoms with Crippen LogP contribution in [-0.2, 0) is 17.8 Å². The van der Waals surface area contributed by atoms with Gasteiger partial charge in [0.05, 0.1) is 5.69 Å². The van der Waals surface area contributed by atoms with Crippen molar-refractivity contribution in [2.75, 3.05) is 11.4 Å². The van der Waals surface area contributed by atoms with Crippen molar-refractivity contribution in [2.24, 2.45) is 0 Å². The summed E-state index contributed by atoms with van der Waals surface area (Å²) in [4.78, 5) is 31.3. The molecular weight excluding hydrogens is 322 g/mol. The number of thiazole rings is 1. The molecule has 6 heteroatoms. The number of carbonyl (C=O) groups is 2. The molecule has 1 saturated heterocycles. The van der Waals surface area contributed by atoms with Crippen molar-refractivity contribution in [3.8, 4) is 0 Å². The minimum absolute atomic E-state index is 0.0956. The average molecular weight is 343 g/mol. The van der Waals surface area contributed by atoms with Crippen molar-refractivity contribution in [3.63, 3.8) is 0 Å². The fourth-order valence-electron chi connectivity index (χ4n) is 2.79. The van der Waals surface area contributed by atoms with Gasteiger partial charge in [-0.25, -0.2) is 4.98 Å². The third kappa shape index (κ3) is 3.33. The van der Waals surface area contributed by atoms with Gasteiger partial charge in [0.1, 0.15) is 4.88 Å². The summed E-state index contributed by atoms with van der Waals surface area (Å²) in [5, 5.41) is 3.62. The molecule has 24 heavy (non-hydrogen) atoms. The van der Waals surface area contributed by atoms with Gasteiger partial charge in [-0.1, -0.05) is 42.5 Å². The van der Waals surface area contributed by atoms with Gasteiger partial charge in [0.25, 0.3) is 5.91 Å². The van der Waals surface area contributed by atoms with Crippen LogP contribution in [0, 0.1) is 6.92 Å². The van der Waals surface area contributed by atoms with Crippen LogP contribution < -0.4 is 10.2 Å². The van der Waals surface area contributed by atoms with E-state index < -0.39 is 0 Å². The predicted octanol–water partition coefficient (Wildman–Crippen LogP) is 3.07. The highest BCUT2D eigenvalue weighted by Gasteiger charge is 2.27. The molecule has 0 spiro atoms. The number of benzene rings is 1. The van der Waals surface area contributed by atoms with E-state index in [0.29, 0.717) is 35.9 Å². The third-order valence-corrected chi connectivity index (χ3v) is 5.35. The molecule has 1 aliphatic rings. The van der Waals surface area contributed by atoms with E-state index in [4.69, 9.17) is 0 Å². The lowest BCUT2D eigenvalue weighted by molar-refractivity contribution is -0.117. The summed E-state index contributed by atoms with van der Waals surface area (Å²) >= 11 is 1.31. The molecule has 0 atom stereocenters. The van der Waals surface area contributed by atoms with Crippen molar-refractivity contribution >= 4 is 28.3 Å². The van der Waals surface area contributed by atoms with Crippen LogP contribution in [-0.4, -0.2) is 23.3 Å².